The van der Waals surface area contributed by atoms with Gasteiger partial charge in [-0.15, -0.1) is 0 Å². The lowest BCUT2D eigenvalue weighted by Gasteiger charge is -2.12. The molecular weight excluding hydrogens is 268 g/mol. The van der Waals surface area contributed by atoms with Crippen molar-refractivity contribution >= 4 is 23.8 Å². The third-order valence-electron chi connectivity index (χ3n) is 2.24. The zero-order valence-electron chi connectivity index (χ0n) is 10.9. The number of amides is 1. The summed E-state index contributed by atoms with van der Waals surface area (Å²) < 4.78 is 4.43. The summed E-state index contributed by atoms with van der Waals surface area (Å²) in [6.07, 6.45) is 0.276. The van der Waals surface area contributed by atoms with Gasteiger partial charge in [0.2, 0.25) is 5.91 Å². The molecule has 10 N–H and O–H groups in total. The van der Waals surface area contributed by atoms with Crippen molar-refractivity contribution in [1.82, 2.24) is 5.32 Å². The highest BCUT2D eigenvalue weighted by Crippen LogP contribution is 1.99. The van der Waals surface area contributed by atoms with Crippen LogP contribution >= 0.6 is 0 Å². The molecule has 0 heterocycles. The van der Waals surface area contributed by atoms with Crippen LogP contribution in [-0.2, 0) is 19.1 Å². The molecule has 0 saturated heterocycles. The first-order chi connectivity index (χ1) is 9.23. The predicted octanol–water partition coefficient (Wildman–Crippen LogP) is -3.15. The zero-order valence-corrected chi connectivity index (χ0v) is 10.9. The number of primary amides is 1. The van der Waals surface area contributed by atoms with Gasteiger partial charge in [0.25, 0.3) is 0 Å². The topological polar surface area (TPSA) is 200 Å². The molecule has 0 aliphatic heterocycles. The Morgan fingerprint density at radius 1 is 1.10 bits per heavy atom. The number of carbonyl (C=O) groups is 3. The van der Waals surface area contributed by atoms with Crippen LogP contribution in [0.1, 0.15) is 19.3 Å². The Hall–Kier alpha value is -2.20. The molecule has 0 fully saturated rings. The van der Waals surface area contributed by atoms with E-state index in [0.29, 0.717) is 13.0 Å². The molecule has 0 spiro atoms. The second kappa shape index (κ2) is 8.82. The van der Waals surface area contributed by atoms with Gasteiger partial charge in [0.05, 0.1) is 6.42 Å². The van der Waals surface area contributed by atoms with Gasteiger partial charge in [0.1, 0.15) is 12.1 Å². The summed E-state index contributed by atoms with van der Waals surface area (Å²) in [5.74, 6) is -2.95. The summed E-state index contributed by atoms with van der Waals surface area (Å²) in [5, 5.41) is 9.44. The van der Waals surface area contributed by atoms with E-state index in [4.69, 9.17) is 28.3 Å². The van der Waals surface area contributed by atoms with Crippen molar-refractivity contribution < 1.29 is 19.1 Å². The van der Waals surface area contributed by atoms with Crippen LogP contribution in [0.4, 0.5) is 0 Å². The molecule has 114 valence electrons. The Labute approximate surface area is 115 Å². The predicted molar refractivity (Wildman–Crippen MR) is 70.0 cm³/mol. The Balaban J connectivity index is 4.03. The fourth-order valence-corrected chi connectivity index (χ4v) is 1.21. The van der Waals surface area contributed by atoms with Gasteiger partial charge in [-0.05, 0) is 12.8 Å². The summed E-state index contributed by atoms with van der Waals surface area (Å²) in [4.78, 5) is 33.3. The molecule has 0 aromatic rings. The Morgan fingerprint density at radius 2 is 1.65 bits per heavy atom. The van der Waals surface area contributed by atoms with Crippen molar-refractivity contribution in [3.05, 3.63) is 0 Å². The van der Waals surface area contributed by atoms with E-state index in [1.165, 1.54) is 0 Å². The maximum atomic E-state index is 11.4. The number of carbonyl (C=O) groups excluding carboxylic acids is 3. The molecule has 0 aliphatic carbocycles. The highest BCUT2D eigenvalue weighted by molar-refractivity contribution is 5.92. The minimum Gasteiger partial charge on any atom is -0.391 e. The van der Waals surface area contributed by atoms with E-state index in [1.807, 2.05) is 0 Å². The number of esters is 2. The van der Waals surface area contributed by atoms with E-state index in [0.717, 1.165) is 0 Å². The number of hydrogen-bond donors (Lipinski definition) is 6. The molecule has 0 rings (SSSR count). The van der Waals surface area contributed by atoms with Crippen molar-refractivity contribution in [2.75, 3.05) is 6.54 Å². The molecule has 0 unspecified atom stereocenters. The average molecular weight is 288 g/mol. The number of nitrogens with two attached hydrogens (primary N) is 4. The summed E-state index contributed by atoms with van der Waals surface area (Å²) >= 11 is 0. The molecular formula is C10H20N6O4. The first kappa shape index (κ1) is 17.8. The number of hydrogen-bond acceptors (Lipinski definition) is 7. The molecule has 2 atom stereocenters. The van der Waals surface area contributed by atoms with Crippen molar-refractivity contribution in [2.24, 2.45) is 22.9 Å². The molecule has 0 aromatic carbocycles. The lowest BCUT2D eigenvalue weighted by Crippen LogP contribution is -2.41. The minimum absolute atomic E-state index is 0.186. The van der Waals surface area contributed by atoms with Crippen LogP contribution in [0.3, 0.4) is 0 Å². The maximum absolute atomic E-state index is 11.4. The van der Waals surface area contributed by atoms with Gasteiger partial charge in [-0.25, -0.2) is 9.59 Å². The first-order valence-electron chi connectivity index (χ1n) is 5.87. The van der Waals surface area contributed by atoms with Crippen molar-refractivity contribution in [2.45, 2.75) is 31.3 Å². The molecule has 0 bridgehead atoms. The van der Waals surface area contributed by atoms with E-state index >= 15 is 0 Å². The van der Waals surface area contributed by atoms with Crippen LogP contribution in [0, 0.1) is 5.41 Å². The molecule has 10 heteroatoms. The summed E-state index contributed by atoms with van der Waals surface area (Å²) in [6.45, 7) is 0.367. The van der Waals surface area contributed by atoms with Crippen molar-refractivity contribution in [3.8, 4) is 0 Å². The van der Waals surface area contributed by atoms with Crippen molar-refractivity contribution in [1.29, 1.82) is 5.41 Å². The summed E-state index contributed by atoms with van der Waals surface area (Å²) in [7, 11) is 0. The van der Waals surface area contributed by atoms with Gasteiger partial charge < -0.3 is 33.0 Å². The van der Waals surface area contributed by atoms with Crippen LogP contribution in [-0.4, -0.2) is 42.4 Å². The van der Waals surface area contributed by atoms with Gasteiger partial charge in [-0.1, -0.05) is 0 Å². The molecule has 0 radical (unpaired) electrons. The minimum atomic E-state index is -1.29. The van der Waals surface area contributed by atoms with Crippen LogP contribution < -0.4 is 28.3 Å². The Morgan fingerprint density at radius 3 is 2.15 bits per heavy atom. The lowest BCUT2D eigenvalue weighted by atomic mass is 10.1. The van der Waals surface area contributed by atoms with E-state index in [1.54, 1.807) is 0 Å². The molecule has 1 amide bonds. The number of nitrogens with one attached hydrogen (secondary N) is 2. The lowest BCUT2D eigenvalue weighted by molar-refractivity contribution is -0.162. The van der Waals surface area contributed by atoms with E-state index in [2.05, 4.69) is 10.1 Å². The zero-order chi connectivity index (χ0) is 15.7. The fraction of sp³-hybridized carbons (Fsp3) is 0.600. The standard InChI is InChI=1S/C10H20N6O4/c11-5(2-1-3-16-10(14)15)8(18)20-9(19)6(12)4-7(13)17/h5-6H,1-4,11-12H2,(H2,13,17)(H4,14,15,16)/t5-,6-/m0/s1. The van der Waals surface area contributed by atoms with Gasteiger partial charge in [0.15, 0.2) is 5.96 Å². The monoisotopic (exact) mass is 288 g/mol. The van der Waals surface area contributed by atoms with E-state index in [-0.39, 0.29) is 12.4 Å². The number of ether oxygens (including phenoxy) is 1. The molecule has 0 aliphatic rings. The van der Waals surface area contributed by atoms with Gasteiger partial charge in [0, 0.05) is 6.54 Å². The molecule has 20 heavy (non-hydrogen) atoms. The largest absolute Gasteiger partial charge is 0.391 e. The number of guanidine groups is 1. The van der Waals surface area contributed by atoms with Gasteiger partial charge in [-0.2, -0.15) is 0 Å². The number of rotatable bonds is 8. The van der Waals surface area contributed by atoms with Crippen LogP contribution in [0.2, 0.25) is 0 Å². The Kier molecular flexibility index (Phi) is 7.85. The van der Waals surface area contributed by atoms with Crippen LogP contribution in [0.15, 0.2) is 0 Å². The Bertz CT molecular complexity index is 386. The van der Waals surface area contributed by atoms with Crippen LogP contribution in [0.5, 0.6) is 0 Å². The second-order valence-electron chi connectivity index (χ2n) is 4.11. The summed E-state index contributed by atoms with van der Waals surface area (Å²) in [6, 6.07) is -2.29. The fourth-order valence-electron chi connectivity index (χ4n) is 1.21. The average Bonchev–Trinajstić information content (AvgIpc) is 2.32. The highest BCUT2D eigenvalue weighted by atomic mass is 16.6. The highest BCUT2D eigenvalue weighted by Gasteiger charge is 2.23. The molecule has 10 nitrogen and oxygen atoms in total. The summed E-state index contributed by atoms with van der Waals surface area (Å²) in [5.41, 5.74) is 20.7. The van der Waals surface area contributed by atoms with E-state index < -0.39 is 36.4 Å². The molecule has 0 aromatic heterocycles. The van der Waals surface area contributed by atoms with Gasteiger partial charge >= 0.3 is 11.9 Å². The SMILES string of the molecule is N=C(N)NCCC[C@H](N)C(=O)OC(=O)[C@@H](N)CC(N)=O. The van der Waals surface area contributed by atoms with E-state index in [9.17, 15) is 14.4 Å². The quantitative estimate of drug-likeness (QED) is 0.0883. The third-order valence-corrected chi connectivity index (χ3v) is 2.24. The normalized spacial score (nSPS) is 13.1. The second-order valence-corrected chi connectivity index (χ2v) is 4.11. The first-order valence-corrected chi connectivity index (χ1v) is 5.87. The van der Waals surface area contributed by atoms with Crippen LogP contribution in [0.25, 0.3) is 0 Å². The maximum Gasteiger partial charge on any atom is 0.331 e. The third kappa shape index (κ3) is 8.00. The van der Waals surface area contributed by atoms with Crippen molar-refractivity contribution in [3.63, 3.8) is 0 Å². The smallest absolute Gasteiger partial charge is 0.331 e. The molecule has 0 saturated carbocycles. The van der Waals surface area contributed by atoms with Gasteiger partial charge in [-0.3, -0.25) is 10.2 Å².